The number of halogens is 3. The zero-order valence-corrected chi connectivity index (χ0v) is 26.8. The lowest BCUT2D eigenvalue weighted by molar-refractivity contribution is -0.137. The molecule has 0 radical (unpaired) electrons. The van der Waals surface area contributed by atoms with Crippen molar-refractivity contribution in [3.05, 3.63) is 45.2 Å². The van der Waals surface area contributed by atoms with E-state index in [1.54, 1.807) is 25.3 Å². The highest BCUT2D eigenvalue weighted by atomic mass is 32.2. The molecule has 3 heterocycles. The molecule has 2 fully saturated rings. The van der Waals surface area contributed by atoms with Crippen molar-refractivity contribution in [2.24, 2.45) is 10.9 Å². The van der Waals surface area contributed by atoms with Gasteiger partial charge in [0.1, 0.15) is 17.5 Å². The highest BCUT2D eigenvalue weighted by Gasteiger charge is 2.37. The molecule has 43 heavy (non-hydrogen) atoms. The normalized spacial score (nSPS) is 17.9. The van der Waals surface area contributed by atoms with Gasteiger partial charge >= 0.3 is 12.3 Å². The number of carbonyl (C=O) groups excluding carboxylic acids is 2. The van der Waals surface area contributed by atoms with Crippen LogP contribution in [0, 0.1) is 5.92 Å². The molecule has 2 aliphatic heterocycles. The Morgan fingerprint density at radius 3 is 2.21 bits per heavy atom. The molecule has 0 unspecified atom stereocenters. The number of hydrogen-bond acceptors (Lipinski definition) is 7. The van der Waals surface area contributed by atoms with Crippen LogP contribution in [0.4, 0.5) is 18.0 Å². The lowest BCUT2D eigenvalue weighted by atomic mass is 9.95. The standard InChI is InChI=1S/C28H37F3N4O6S2/c1-26(2,3)22-16-33(11-17-12-35(13-17)43(7,38)39)24(42-22)32-23(36)20-10-18(28(29,30)31)8-9-21(20)40-19-14-34(15-19)25(37)41-27(4,5)6/h8-10,16-17,19H,11-15H2,1-7H3/b32-24-. The molecule has 0 bridgehead atoms. The molecule has 238 valence electrons. The van der Waals surface area contributed by atoms with Crippen molar-refractivity contribution in [2.45, 2.75) is 71.4 Å². The van der Waals surface area contributed by atoms with Crippen molar-refractivity contribution in [3.63, 3.8) is 0 Å². The number of likely N-dealkylation sites (tertiary alicyclic amines) is 1. The number of sulfonamides is 1. The first kappa shape index (κ1) is 33.0. The second kappa shape index (κ2) is 11.5. The number of ether oxygens (including phenoxy) is 2. The summed E-state index contributed by atoms with van der Waals surface area (Å²) in [5.41, 5.74) is -2.35. The van der Waals surface area contributed by atoms with Crippen LogP contribution in [0.3, 0.4) is 0 Å². The molecule has 4 rings (SSSR count). The van der Waals surface area contributed by atoms with Crippen LogP contribution in [0.15, 0.2) is 29.4 Å². The fourth-order valence-electron chi connectivity index (χ4n) is 4.42. The van der Waals surface area contributed by atoms with Gasteiger partial charge in [0.2, 0.25) is 10.0 Å². The maximum absolute atomic E-state index is 13.6. The van der Waals surface area contributed by atoms with Crippen molar-refractivity contribution >= 4 is 33.4 Å². The van der Waals surface area contributed by atoms with Gasteiger partial charge in [-0.2, -0.15) is 18.2 Å². The van der Waals surface area contributed by atoms with E-state index in [1.165, 1.54) is 20.5 Å². The van der Waals surface area contributed by atoms with Gasteiger partial charge in [-0.1, -0.05) is 20.8 Å². The number of hydrogen-bond donors (Lipinski definition) is 0. The summed E-state index contributed by atoms with van der Waals surface area (Å²) in [6.45, 7) is 12.5. The molecule has 2 aliphatic rings. The number of aromatic nitrogens is 1. The molecule has 0 spiro atoms. The van der Waals surface area contributed by atoms with E-state index in [0.717, 1.165) is 29.3 Å². The van der Waals surface area contributed by atoms with Crippen molar-refractivity contribution in [1.82, 2.24) is 13.8 Å². The number of rotatable bonds is 6. The minimum absolute atomic E-state index is 0.00909. The average molecular weight is 647 g/mol. The third kappa shape index (κ3) is 8.18. The Labute approximate surface area is 253 Å². The van der Waals surface area contributed by atoms with Crippen LogP contribution < -0.4 is 9.54 Å². The van der Waals surface area contributed by atoms with E-state index in [2.05, 4.69) is 4.99 Å². The van der Waals surface area contributed by atoms with Gasteiger partial charge in [-0.25, -0.2) is 17.5 Å². The Hall–Kier alpha value is -2.91. The molecular weight excluding hydrogens is 609 g/mol. The largest absolute Gasteiger partial charge is 0.486 e. The van der Waals surface area contributed by atoms with Crippen LogP contribution in [0.25, 0.3) is 0 Å². The fourth-order valence-corrected chi connectivity index (χ4v) is 6.44. The molecule has 10 nitrogen and oxygen atoms in total. The van der Waals surface area contributed by atoms with Crippen molar-refractivity contribution in [3.8, 4) is 5.75 Å². The number of thiazole rings is 1. The molecule has 1 aromatic heterocycles. The topological polar surface area (TPSA) is 111 Å². The van der Waals surface area contributed by atoms with Gasteiger partial charge in [0.15, 0.2) is 4.80 Å². The smallest absolute Gasteiger partial charge is 0.416 e. The van der Waals surface area contributed by atoms with Crippen LogP contribution in [0.1, 0.15) is 62.3 Å². The van der Waals surface area contributed by atoms with E-state index in [0.29, 0.717) is 19.6 Å². The van der Waals surface area contributed by atoms with E-state index in [1.807, 2.05) is 27.0 Å². The first-order chi connectivity index (χ1) is 19.6. The Morgan fingerprint density at radius 1 is 1.05 bits per heavy atom. The predicted octanol–water partition coefficient (Wildman–Crippen LogP) is 4.50. The summed E-state index contributed by atoms with van der Waals surface area (Å²) >= 11 is 1.25. The van der Waals surface area contributed by atoms with Crippen molar-refractivity contribution < 1.29 is 40.7 Å². The SMILES string of the molecule is CC(C)(C)OC(=O)N1CC(Oc2ccc(C(F)(F)F)cc2C(=O)/N=c2\sc(C(C)(C)C)cn2CC2CN(S(C)(=O)=O)C2)C1. The molecule has 0 aliphatic carbocycles. The lowest BCUT2D eigenvalue weighted by Gasteiger charge is -2.39. The summed E-state index contributed by atoms with van der Waals surface area (Å²) in [6, 6.07) is 2.66. The Morgan fingerprint density at radius 2 is 1.67 bits per heavy atom. The molecule has 2 aromatic rings. The molecule has 2 saturated heterocycles. The minimum atomic E-state index is -4.70. The molecule has 0 atom stereocenters. The Kier molecular flexibility index (Phi) is 8.86. The third-order valence-corrected chi connectivity index (χ3v) is 9.52. The summed E-state index contributed by atoms with van der Waals surface area (Å²) in [5.74, 6) is -0.991. The maximum atomic E-state index is 13.6. The summed E-state index contributed by atoms with van der Waals surface area (Å²) in [4.78, 5) is 32.6. The van der Waals surface area contributed by atoms with E-state index < -0.39 is 45.5 Å². The first-order valence-corrected chi connectivity index (χ1v) is 16.4. The molecule has 15 heteroatoms. The summed E-state index contributed by atoms with van der Waals surface area (Å²) in [5, 5.41) is 0. The van der Waals surface area contributed by atoms with Gasteiger partial charge in [0.05, 0.1) is 30.5 Å². The van der Waals surface area contributed by atoms with Gasteiger partial charge in [0.25, 0.3) is 5.91 Å². The Bertz CT molecular complexity index is 1560. The van der Waals surface area contributed by atoms with Crippen LogP contribution in [0.5, 0.6) is 5.75 Å². The second-order valence-electron chi connectivity index (χ2n) is 13.0. The molecule has 0 N–H and O–H groups in total. The van der Waals surface area contributed by atoms with Crippen LogP contribution >= 0.6 is 11.3 Å². The van der Waals surface area contributed by atoms with Gasteiger partial charge in [-0.15, -0.1) is 11.3 Å². The first-order valence-electron chi connectivity index (χ1n) is 13.7. The van der Waals surface area contributed by atoms with E-state index >= 15 is 0 Å². The summed E-state index contributed by atoms with van der Waals surface area (Å²) in [6.07, 6.45) is -2.79. The van der Waals surface area contributed by atoms with Crippen molar-refractivity contribution in [2.75, 3.05) is 32.4 Å². The van der Waals surface area contributed by atoms with Crippen LogP contribution in [0.2, 0.25) is 0 Å². The zero-order chi connectivity index (χ0) is 32.1. The highest BCUT2D eigenvalue weighted by molar-refractivity contribution is 7.88. The number of alkyl halides is 3. The number of carbonyl (C=O) groups is 2. The summed E-state index contributed by atoms with van der Waals surface area (Å²) < 4.78 is 78.8. The number of amides is 2. The molecule has 0 saturated carbocycles. The van der Waals surface area contributed by atoms with Gasteiger partial charge in [-0.3, -0.25) is 4.79 Å². The monoisotopic (exact) mass is 646 g/mol. The number of nitrogens with zero attached hydrogens (tertiary/aromatic N) is 4. The van der Waals surface area contributed by atoms with E-state index in [4.69, 9.17) is 9.47 Å². The minimum Gasteiger partial charge on any atom is -0.486 e. The number of benzene rings is 1. The predicted molar refractivity (Wildman–Crippen MR) is 154 cm³/mol. The van der Waals surface area contributed by atoms with Crippen LogP contribution in [-0.4, -0.2) is 78.3 Å². The lowest BCUT2D eigenvalue weighted by Crippen LogP contribution is -2.57. The van der Waals surface area contributed by atoms with Crippen molar-refractivity contribution in [1.29, 1.82) is 0 Å². The fraction of sp³-hybridized carbons (Fsp3) is 0.607. The zero-order valence-electron chi connectivity index (χ0n) is 25.2. The van der Waals surface area contributed by atoms with Gasteiger partial charge < -0.3 is 18.9 Å². The summed E-state index contributed by atoms with van der Waals surface area (Å²) in [7, 11) is -3.30. The molecule has 2 amide bonds. The van der Waals surface area contributed by atoms with Gasteiger partial charge in [-0.05, 0) is 44.4 Å². The molecular formula is C28H37F3N4O6S2. The van der Waals surface area contributed by atoms with E-state index in [-0.39, 0.29) is 40.5 Å². The van der Waals surface area contributed by atoms with Gasteiger partial charge in [0, 0.05) is 36.6 Å². The highest BCUT2D eigenvalue weighted by Crippen LogP contribution is 2.34. The third-order valence-electron chi connectivity index (χ3n) is 6.83. The average Bonchev–Trinajstić information content (AvgIpc) is 3.18. The van der Waals surface area contributed by atoms with Crippen LogP contribution in [-0.2, 0) is 32.9 Å². The Balaban J connectivity index is 1.61. The quantitative estimate of drug-likeness (QED) is 0.458. The maximum Gasteiger partial charge on any atom is 0.416 e. The van der Waals surface area contributed by atoms with E-state index in [9.17, 15) is 31.2 Å². The second-order valence-corrected chi connectivity index (χ2v) is 16.0. The molecule has 1 aromatic carbocycles.